The normalized spacial score (nSPS) is 11.0. The van der Waals surface area contributed by atoms with Gasteiger partial charge in [0.1, 0.15) is 12.3 Å². The summed E-state index contributed by atoms with van der Waals surface area (Å²) in [6, 6.07) is 15.2. The largest absolute Gasteiger partial charge is 0.360 e. The van der Waals surface area contributed by atoms with E-state index in [9.17, 15) is 14.4 Å². The molecule has 1 N–H and O–H groups in total. The van der Waals surface area contributed by atoms with Crippen LogP contribution in [0.3, 0.4) is 0 Å². The molecule has 2 aromatic heterocycles. The summed E-state index contributed by atoms with van der Waals surface area (Å²) in [5, 5.41) is 7.14. The van der Waals surface area contributed by atoms with Gasteiger partial charge in [-0.15, -0.1) is 0 Å². The van der Waals surface area contributed by atoms with Gasteiger partial charge in [-0.2, -0.15) is 0 Å². The van der Waals surface area contributed by atoms with Crippen LogP contribution in [0.4, 0.5) is 5.82 Å². The van der Waals surface area contributed by atoms with Gasteiger partial charge in [-0.25, -0.2) is 4.79 Å². The second-order valence-electron chi connectivity index (χ2n) is 6.78. The zero-order valence-electron chi connectivity index (χ0n) is 16.0. The number of nitrogens with one attached hydrogen (secondary N) is 1. The first-order valence-corrected chi connectivity index (χ1v) is 9.50. The van der Waals surface area contributed by atoms with Crippen molar-refractivity contribution in [2.24, 2.45) is 0 Å². The lowest BCUT2D eigenvalue weighted by Gasteiger charge is -2.14. The summed E-state index contributed by atoms with van der Waals surface area (Å²) in [4.78, 5) is 38.7. The van der Waals surface area contributed by atoms with E-state index in [0.29, 0.717) is 27.2 Å². The van der Waals surface area contributed by atoms with Gasteiger partial charge in [0.15, 0.2) is 5.82 Å². The molecule has 8 nitrogen and oxygen atoms in total. The van der Waals surface area contributed by atoms with Crippen LogP contribution in [-0.2, 0) is 17.9 Å². The predicted octanol–water partition coefficient (Wildman–Crippen LogP) is 2.80. The van der Waals surface area contributed by atoms with Crippen LogP contribution in [0, 0.1) is 6.92 Å². The number of carbonyl (C=O) groups excluding carboxylic acids is 1. The molecule has 0 aliphatic rings. The summed E-state index contributed by atoms with van der Waals surface area (Å²) in [7, 11) is 0. The molecule has 2 heterocycles. The highest BCUT2D eigenvalue weighted by Crippen LogP contribution is 2.13. The first-order chi connectivity index (χ1) is 14.4. The van der Waals surface area contributed by atoms with Gasteiger partial charge in [-0.05, 0) is 36.8 Å². The molecule has 0 saturated heterocycles. The monoisotopic (exact) mass is 424 g/mol. The van der Waals surface area contributed by atoms with Crippen molar-refractivity contribution in [2.45, 2.75) is 20.0 Å². The SMILES string of the molecule is Cc1cc(NC(=O)Cn2c(=O)n(Cc3cccc(Cl)c3)c(=O)c3ccccc32)no1. The Balaban J connectivity index is 1.77. The van der Waals surface area contributed by atoms with Gasteiger partial charge < -0.3 is 9.84 Å². The minimum atomic E-state index is -0.592. The standard InChI is InChI=1S/C21H17ClN4O4/c1-13-9-18(24-30-13)23-19(27)12-25-17-8-3-2-7-16(17)20(28)26(21(25)29)11-14-5-4-6-15(22)10-14/h2-10H,11-12H2,1H3,(H,23,24,27). The van der Waals surface area contributed by atoms with Crippen molar-refractivity contribution >= 4 is 34.2 Å². The van der Waals surface area contributed by atoms with E-state index in [-0.39, 0.29) is 18.9 Å². The van der Waals surface area contributed by atoms with Crippen LogP contribution >= 0.6 is 11.6 Å². The number of para-hydroxylation sites is 1. The molecule has 0 saturated carbocycles. The number of nitrogens with zero attached hydrogens (tertiary/aromatic N) is 3. The maximum Gasteiger partial charge on any atom is 0.332 e. The Kier molecular flexibility index (Phi) is 5.24. The van der Waals surface area contributed by atoms with Crippen molar-refractivity contribution in [3.63, 3.8) is 0 Å². The van der Waals surface area contributed by atoms with E-state index >= 15 is 0 Å². The molecule has 0 aliphatic heterocycles. The van der Waals surface area contributed by atoms with Crippen LogP contribution < -0.4 is 16.6 Å². The fraction of sp³-hybridized carbons (Fsp3) is 0.143. The van der Waals surface area contributed by atoms with E-state index in [0.717, 1.165) is 4.57 Å². The van der Waals surface area contributed by atoms with Gasteiger partial charge in [0.05, 0.1) is 17.4 Å². The number of carbonyl (C=O) groups is 1. The minimum absolute atomic E-state index is 0.0349. The Morgan fingerprint density at radius 2 is 1.90 bits per heavy atom. The van der Waals surface area contributed by atoms with Crippen molar-refractivity contribution in [3.8, 4) is 0 Å². The molecule has 0 radical (unpaired) electrons. The zero-order chi connectivity index (χ0) is 21.3. The molecular weight excluding hydrogens is 408 g/mol. The molecule has 0 aliphatic carbocycles. The van der Waals surface area contributed by atoms with Crippen molar-refractivity contribution < 1.29 is 9.32 Å². The fourth-order valence-electron chi connectivity index (χ4n) is 3.23. The third kappa shape index (κ3) is 3.90. The maximum atomic E-state index is 13.2. The van der Waals surface area contributed by atoms with Crippen LogP contribution in [0.2, 0.25) is 5.02 Å². The highest BCUT2D eigenvalue weighted by Gasteiger charge is 2.16. The van der Waals surface area contributed by atoms with Gasteiger partial charge in [-0.3, -0.25) is 18.7 Å². The van der Waals surface area contributed by atoms with E-state index in [1.165, 1.54) is 4.57 Å². The Bertz CT molecular complexity index is 1370. The van der Waals surface area contributed by atoms with Crippen LogP contribution in [0.5, 0.6) is 0 Å². The summed E-state index contributed by atoms with van der Waals surface area (Å²) in [6.07, 6.45) is 0. The number of rotatable bonds is 5. The molecule has 4 aromatic rings. The molecule has 30 heavy (non-hydrogen) atoms. The second kappa shape index (κ2) is 8.00. The lowest BCUT2D eigenvalue weighted by Crippen LogP contribution is -2.42. The predicted molar refractivity (Wildman–Crippen MR) is 113 cm³/mol. The molecule has 2 aromatic carbocycles. The Morgan fingerprint density at radius 3 is 2.63 bits per heavy atom. The summed E-state index contributed by atoms with van der Waals surface area (Å²) in [6.45, 7) is 1.45. The van der Waals surface area contributed by atoms with Crippen LogP contribution in [0.25, 0.3) is 10.9 Å². The molecule has 0 bridgehead atoms. The van der Waals surface area contributed by atoms with E-state index in [1.807, 2.05) is 0 Å². The van der Waals surface area contributed by atoms with Crippen molar-refractivity contribution in [2.75, 3.05) is 5.32 Å². The Labute approximate surface area is 175 Å². The molecule has 152 valence electrons. The number of hydrogen-bond donors (Lipinski definition) is 1. The van der Waals surface area contributed by atoms with Crippen molar-refractivity contribution in [3.05, 3.63) is 91.8 Å². The molecule has 4 rings (SSSR count). The number of hydrogen-bond acceptors (Lipinski definition) is 5. The number of aryl methyl sites for hydroxylation is 1. The average molecular weight is 425 g/mol. The summed E-state index contributed by atoms with van der Waals surface area (Å²) < 4.78 is 7.30. The van der Waals surface area contributed by atoms with E-state index in [1.54, 1.807) is 61.5 Å². The molecular formula is C21H17ClN4O4. The summed E-state index contributed by atoms with van der Waals surface area (Å²) in [5.74, 6) is 0.327. The van der Waals surface area contributed by atoms with E-state index in [2.05, 4.69) is 10.5 Å². The number of amides is 1. The molecule has 9 heteroatoms. The highest BCUT2D eigenvalue weighted by atomic mass is 35.5. The fourth-order valence-corrected chi connectivity index (χ4v) is 3.45. The number of benzene rings is 2. The average Bonchev–Trinajstić information content (AvgIpc) is 3.13. The molecule has 0 fully saturated rings. The molecule has 0 atom stereocenters. The van der Waals surface area contributed by atoms with Crippen molar-refractivity contribution in [1.29, 1.82) is 0 Å². The topological polar surface area (TPSA) is 99.1 Å². The van der Waals surface area contributed by atoms with Gasteiger partial charge in [-0.1, -0.05) is 41.0 Å². The first-order valence-electron chi connectivity index (χ1n) is 9.12. The van der Waals surface area contributed by atoms with Gasteiger partial charge in [0, 0.05) is 11.1 Å². The lowest BCUT2D eigenvalue weighted by atomic mass is 10.2. The first kappa shape index (κ1) is 19.7. The van der Waals surface area contributed by atoms with Gasteiger partial charge in [0.2, 0.25) is 5.91 Å². The number of fused-ring (bicyclic) bond motifs is 1. The Hall–Kier alpha value is -3.65. The van der Waals surface area contributed by atoms with Crippen LogP contribution in [0.1, 0.15) is 11.3 Å². The van der Waals surface area contributed by atoms with Crippen molar-refractivity contribution in [1.82, 2.24) is 14.3 Å². The second-order valence-corrected chi connectivity index (χ2v) is 7.21. The van der Waals surface area contributed by atoms with E-state index in [4.69, 9.17) is 16.1 Å². The summed E-state index contributed by atoms with van der Waals surface area (Å²) in [5.41, 5.74) is 0.0527. The summed E-state index contributed by atoms with van der Waals surface area (Å²) >= 11 is 6.03. The number of anilines is 1. The maximum absolute atomic E-state index is 13.2. The van der Waals surface area contributed by atoms with Crippen LogP contribution in [-0.4, -0.2) is 20.2 Å². The number of halogens is 1. The van der Waals surface area contributed by atoms with Gasteiger partial charge in [0.25, 0.3) is 5.56 Å². The number of aromatic nitrogens is 3. The highest BCUT2D eigenvalue weighted by molar-refractivity contribution is 6.30. The molecule has 1 amide bonds. The molecule has 0 spiro atoms. The molecule has 0 unspecified atom stereocenters. The van der Waals surface area contributed by atoms with Gasteiger partial charge >= 0.3 is 5.69 Å². The van der Waals surface area contributed by atoms with Crippen LogP contribution in [0.15, 0.2) is 68.7 Å². The quantitative estimate of drug-likeness (QED) is 0.531. The Morgan fingerprint density at radius 1 is 1.10 bits per heavy atom. The zero-order valence-corrected chi connectivity index (χ0v) is 16.7. The van der Waals surface area contributed by atoms with E-state index < -0.39 is 17.2 Å². The smallest absolute Gasteiger partial charge is 0.332 e. The third-order valence-electron chi connectivity index (χ3n) is 4.56. The minimum Gasteiger partial charge on any atom is -0.360 e. The lowest BCUT2D eigenvalue weighted by molar-refractivity contribution is -0.116. The third-order valence-corrected chi connectivity index (χ3v) is 4.79.